The van der Waals surface area contributed by atoms with Crippen molar-refractivity contribution in [2.45, 2.75) is 13.8 Å². The molecule has 4 aromatic rings. The van der Waals surface area contributed by atoms with E-state index in [2.05, 4.69) is 21.2 Å². The maximum atomic E-state index is 13.2. The van der Waals surface area contributed by atoms with Crippen molar-refractivity contribution < 1.29 is 4.79 Å². The maximum absolute atomic E-state index is 13.2. The molecule has 2 aromatic carbocycles. The molecule has 1 amide bonds. The average Bonchev–Trinajstić information content (AvgIpc) is 3.03. The fourth-order valence-corrected chi connectivity index (χ4v) is 3.27. The van der Waals surface area contributed by atoms with Crippen LogP contribution in [0, 0.1) is 13.8 Å². The van der Waals surface area contributed by atoms with Gasteiger partial charge in [0.15, 0.2) is 0 Å². The van der Waals surface area contributed by atoms with Gasteiger partial charge in [0.2, 0.25) is 0 Å². The summed E-state index contributed by atoms with van der Waals surface area (Å²) in [5.41, 5.74) is 5.84. The van der Waals surface area contributed by atoms with Crippen molar-refractivity contribution >= 4 is 33.2 Å². The SMILES string of the molecule is Cc1ccc(-c2nc3ccc(C)cn3c2C(=O)Nc2ccc(Br)cc2)cc1. The summed E-state index contributed by atoms with van der Waals surface area (Å²) >= 11 is 3.41. The van der Waals surface area contributed by atoms with Crippen molar-refractivity contribution in [2.75, 3.05) is 5.32 Å². The van der Waals surface area contributed by atoms with Gasteiger partial charge in [-0.3, -0.25) is 9.20 Å². The lowest BCUT2D eigenvalue weighted by molar-refractivity contribution is 0.102. The number of anilines is 1. The fourth-order valence-electron chi connectivity index (χ4n) is 3.00. The second-order valence-electron chi connectivity index (χ2n) is 6.57. The standard InChI is InChI=1S/C22H18BrN3O/c1-14-3-6-16(7-4-14)20-21(26-13-15(2)5-12-19(26)25-20)22(27)24-18-10-8-17(23)9-11-18/h3-13H,1-2H3,(H,24,27). The monoisotopic (exact) mass is 419 g/mol. The van der Waals surface area contributed by atoms with Crippen LogP contribution in [0.25, 0.3) is 16.9 Å². The second kappa shape index (κ2) is 7.00. The summed E-state index contributed by atoms with van der Waals surface area (Å²) < 4.78 is 2.82. The van der Waals surface area contributed by atoms with Crippen LogP contribution in [0.1, 0.15) is 21.6 Å². The summed E-state index contributed by atoms with van der Waals surface area (Å²) in [5.74, 6) is -0.189. The number of carbonyl (C=O) groups is 1. The van der Waals surface area contributed by atoms with Crippen molar-refractivity contribution in [3.8, 4) is 11.3 Å². The number of pyridine rings is 1. The number of nitrogens with one attached hydrogen (secondary N) is 1. The third kappa shape index (κ3) is 3.51. The molecule has 4 rings (SSSR count). The number of fused-ring (bicyclic) bond motifs is 1. The van der Waals surface area contributed by atoms with Gasteiger partial charge in [0.25, 0.3) is 5.91 Å². The van der Waals surface area contributed by atoms with Crippen molar-refractivity contribution in [1.82, 2.24) is 9.38 Å². The van der Waals surface area contributed by atoms with Gasteiger partial charge in [0.1, 0.15) is 17.0 Å². The van der Waals surface area contributed by atoms with Crippen LogP contribution in [0.5, 0.6) is 0 Å². The third-order valence-corrected chi connectivity index (χ3v) is 4.94. The van der Waals surface area contributed by atoms with Gasteiger partial charge in [0, 0.05) is 21.9 Å². The normalized spacial score (nSPS) is 10.9. The van der Waals surface area contributed by atoms with E-state index in [1.807, 2.05) is 85.1 Å². The number of aryl methyl sites for hydroxylation is 2. The number of halogens is 1. The van der Waals surface area contributed by atoms with E-state index in [9.17, 15) is 4.79 Å². The van der Waals surface area contributed by atoms with Crippen LogP contribution in [0.4, 0.5) is 5.69 Å². The lowest BCUT2D eigenvalue weighted by atomic mass is 10.1. The van der Waals surface area contributed by atoms with Crippen LogP contribution in [0.3, 0.4) is 0 Å². The minimum atomic E-state index is -0.189. The molecular formula is C22H18BrN3O. The quantitative estimate of drug-likeness (QED) is 0.467. The highest BCUT2D eigenvalue weighted by molar-refractivity contribution is 9.10. The van der Waals surface area contributed by atoms with Gasteiger partial charge in [-0.25, -0.2) is 4.98 Å². The van der Waals surface area contributed by atoms with Crippen molar-refractivity contribution in [2.24, 2.45) is 0 Å². The summed E-state index contributed by atoms with van der Waals surface area (Å²) in [4.78, 5) is 17.9. The number of imidazole rings is 1. The van der Waals surface area contributed by atoms with Gasteiger partial charge in [-0.15, -0.1) is 0 Å². The Labute approximate surface area is 166 Å². The van der Waals surface area contributed by atoms with Crippen molar-refractivity contribution in [3.63, 3.8) is 0 Å². The minimum absolute atomic E-state index is 0.189. The van der Waals surface area contributed by atoms with Gasteiger partial charge < -0.3 is 5.32 Å². The molecule has 4 nitrogen and oxygen atoms in total. The summed E-state index contributed by atoms with van der Waals surface area (Å²) in [5, 5.41) is 2.98. The highest BCUT2D eigenvalue weighted by Gasteiger charge is 2.21. The number of benzene rings is 2. The third-order valence-electron chi connectivity index (χ3n) is 4.41. The first-order chi connectivity index (χ1) is 13.0. The first-order valence-corrected chi connectivity index (χ1v) is 9.43. The molecule has 0 saturated carbocycles. The molecule has 0 radical (unpaired) electrons. The molecule has 0 aliphatic carbocycles. The van der Waals surface area contributed by atoms with Gasteiger partial charge in [-0.2, -0.15) is 0 Å². The summed E-state index contributed by atoms with van der Waals surface area (Å²) in [6, 6.07) is 19.5. The number of amides is 1. The Hall–Kier alpha value is -2.92. The average molecular weight is 420 g/mol. The Morgan fingerprint density at radius 2 is 1.59 bits per heavy atom. The van der Waals surface area contributed by atoms with Gasteiger partial charge >= 0.3 is 0 Å². The van der Waals surface area contributed by atoms with E-state index in [1.54, 1.807) is 0 Å². The molecular weight excluding hydrogens is 402 g/mol. The Kier molecular flexibility index (Phi) is 4.54. The Bertz CT molecular complexity index is 1130. The Balaban J connectivity index is 1.84. The van der Waals surface area contributed by atoms with Gasteiger partial charge in [0.05, 0.1) is 0 Å². The lowest BCUT2D eigenvalue weighted by Gasteiger charge is -2.08. The molecule has 0 atom stereocenters. The minimum Gasteiger partial charge on any atom is -0.321 e. The molecule has 0 bridgehead atoms. The molecule has 2 heterocycles. The molecule has 0 aliphatic heterocycles. The molecule has 0 saturated heterocycles. The summed E-state index contributed by atoms with van der Waals surface area (Å²) in [7, 11) is 0. The van der Waals surface area contributed by atoms with E-state index in [0.29, 0.717) is 11.4 Å². The highest BCUT2D eigenvalue weighted by atomic mass is 79.9. The number of carbonyl (C=O) groups excluding carboxylic acids is 1. The molecule has 0 fully saturated rings. The lowest BCUT2D eigenvalue weighted by Crippen LogP contribution is -2.15. The smallest absolute Gasteiger partial charge is 0.274 e. The number of hydrogen-bond acceptors (Lipinski definition) is 2. The van der Waals surface area contributed by atoms with Gasteiger partial charge in [-0.1, -0.05) is 51.8 Å². The van der Waals surface area contributed by atoms with Gasteiger partial charge in [-0.05, 0) is 49.7 Å². The van der Waals surface area contributed by atoms with E-state index in [4.69, 9.17) is 4.98 Å². The van der Waals surface area contributed by atoms with E-state index in [1.165, 1.54) is 5.56 Å². The molecule has 5 heteroatoms. The Morgan fingerprint density at radius 3 is 2.30 bits per heavy atom. The molecule has 27 heavy (non-hydrogen) atoms. The first-order valence-electron chi connectivity index (χ1n) is 8.64. The highest BCUT2D eigenvalue weighted by Crippen LogP contribution is 2.26. The molecule has 0 aliphatic rings. The summed E-state index contributed by atoms with van der Waals surface area (Å²) in [6.45, 7) is 4.04. The van der Waals surface area contributed by atoms with Crippen molar-refractivity contribution in [1.29, 1.82) is 0 Å². The molecule has 2 aromatic heterocycles. The topological polar surface area (TPSA) is 46.4 Å². The zero-order valence-electron chi connectivity index (χ0n) is 15.0. The Morgan fingerprint density at radius 1 is 0.926 bits per heavy atom. The molecule has 134 valence electrons. The molecule has 0 unspecified atom stereocenters. The van der Waals surface area contributed by atoms with E-state index in [0.717, 1.165) is 26.9 Å². The van der Waals surface area contributed by atoms with E-state index in [-0.39, 0.29) is 5.91 Å². The zero-order valence-corrected chi connectivity index (χ0v) is 16.6. The van der Waals surface area contributed by atoms with Crippen LogP contribution in [-0.4, -0.2) is 15.3 Å². The van der Waals surface area contributed by atoms with Crippen LogP contribution >= 0.6 is 15.9 Å². The molecule has 1 N–H and O–H groups in total. The number of nitrogens with zero attached hydrogens (tertiary/aromatic N) is 2. The number of rotatable bonds is 3. The van der Waals surface area contributed by atoms with Crippen LogP contribution in [0.2, 0.25) is 0 Å². The number of hydrogen-bond donors (Lipinski definition) is 1. The molecule has 0 spiro atoms. The fraction of sp³-hybridized carbons (Fsp3) is 0.0909. The predicted octanol–water partition coefficient (Wildman–Crippen LogP) is 5.63. The van der Waals surface area contributed by atoms with Crippen LogP contribution < -0.4 is 5.32 Å². The number of aromatic nitrogens is 2. The predicted molar refractivity (Wildman–Crippen MR) is 112 cm³/mol. The zero-order chi connectivity index (χ0) is 19.0. The largest absolute Gasteiger partial charge is 0.321 e. The van der Waals surface area contributed by atoms with Crippen LogP contribution in [0.15, 0.2) is 71.3 Å². The van der Waals surface area contributed by atoms with Crippen LogP contribution in [-0.2, 0) is 0 Å². The van der Waals surface area contributed by atoms with E-state index >= 15 is 0 Å². The maximum Gasteiger partial charge on any atom is 0.274 e. The van der Waals surface area contributed by atoms with E-state index < -0.39 is 0 Å². The second-order valence-corrected chi connectivity index (χ2v) is 7.49. The first kappa shape index (κ1) is 17.5. The summed E-state index contributed by atoms with van der Waals surface area (Å²) in [6.07, 6.45) is 1.94. The van der Waals surface area contributed by atoms with Crippen molar-refractivity contribution in [3.05, 3.63) is 88.2 Å².